The van der Waals surface area contributed by atoms with Crippen molar-refractivity contribution in [2.24, 2.45) is 5.73 Å². The van der Waals surface area contributed by atoms with Crippen molar-refractivity contribution in [1.29, 1.82) is 0 Å². The molecule has 0 aliphatic rings. The number of nitrogens with two attached hydrogens (primary N) is 1. The fourth-order valence-corrected chi connectivity index (χ4v) is 2.57. The second-order valence-electron chi connectivity index (χ2n) is 5.08. The lowest BCUT2D eigenvalue weighted by atomic mass is 9.95. The Morgan fingerprint density at radius 3 is 2.05 bits per heavy atom. The lowest BCUT2D eigenvalue weighted by Gasteiger charge is -2.30. The van der Waals surface area contributed by atoms with Gasteiger partial charge in [0.15, 0.2) is 21.3 Å². The van der Waals surface area contributed by atoms with Crippen LogP contribution in [0.3, 0.4) is 0 Å². The largest absolute Gasteiger partial charge is 0.493 e. The minimum atomic E-state index is -3.36. The molecule has 0 bridgehead atoms. The first-order valence-corrected chi connectivity index (χ1v) is 8.19. The van der Waals surface area contributed by atoms with E-state index in [4.69, 9.17) is 26.8 Å². The molecule has 114 valence electrons. The van der Waals surface area contributed by atoms with Crippen LogP contribution in [0.1, 0.15) is 25.5 Å². The van der Waals surface area contributed by atoms with Gasteiger partial charge in [0.05, 0.1) is 25.0 Å². The summed E-state index contributed by atoms with van der Waals surface area (Å²) >= 11 is 6.18. The monoisotopic (exact) mass is 321 g/mol. The lowest BCUT2D eigenvalue weighted by Crippen LogP contribution is -2.42. The molecule has 1 atom stereocenters. The maximum atomic E-state index is 11.9. The summed E-state index contributed by atoms with van der Waals surface area (Å²) in [6.07, 6.45) is 1.15. The van der Waals surface area contributed by atoms with Crippen LogP contribution in [-0.2, 0) is 9.84 Å². The zero-order valence-corrected chi connectivity index (χ0v) is 13.8. The van der Waals surface area contributed by atoms with Crippen molar-refractivity contribution in [3.8, 4) is 11.5 Å². The predicted molar refractivity (Wildman–Crippen MR) is 80.4 cm³/mol. The minimum Gasteiger partial charge on any atom is -0.493 e. The van der Waals surface area contributed by atoms with Crippen molar-refractivity contribution < 1.29 is 17.9 Å². The molecule has 0 aliphatic carbocycles. The van der Waals surface area contributed by atoms with Gasteiger partial charge in [-0.15, -0.1) is 0 Å². The molecule has 20 heavy (non-hydrogen) atoms. The lowest BCUT2D eigenvalue weighted by molar-refractivity contribution is 0.354. The smallest absolute Gasteiger partial charge is 0.162 e. The van der Waals surface area contributed by atoms with Gasteiger partial charge in [0.1, 0.15) is 0 Å². The number of rotatable bonds is 5. The highest BCUT2D eigenvalue weighted by Crippen LogP contribution is 2.39. The molecule has 1 rings (SSSR count). The summed E-state index contributed by atoms with van der Waals surface area (Å²) in [5.74, 6) is 0.914. The molecule has 0 amide bonds. The Morgan fingerprint density at radius 1 is 1.20 bits per heavy atom. The summed E-state index contributed by atoms with van der Waals surface area (Å²) in [4.78, 5) is 0. The Kier molecular flexibility index (Phi) is 4.94. The molecule has 0 saturated heterocycles. The third-order valence-electron chi connectivity index (χ3n) is 3.54. The van der Waals surface area contributed by atoms with E-state index in [0.717, 1.165) is 6.26 Å². The van der Waals surface area contributed by atoms with Crippen LogP contribution in [0.5, 0.6) is 11.5 Å². The summed E-state index contributed by atoms with van der Waals surface area (Å²) in [7, 11) is -0.374. The fourth-order valence-electron chi connectivity index (χ4n) is 1.71. The molecule has 7 heteroatoms. The van der Waals surface area contributed by atoms with E-state index in [1.54, 1.807) is 26.0 Å². The molecule has 5 nitrogen and oxygen atoms in total. The van der Waals surface area contributed by atoms with E-state index < -0.39 is 20.6 Å². The number of hydrogen-bond donors (Lipinski definition) is 1. The molecule has 0 radical (unpaired) electrons. The third kappa shape index (κ3) is 3.02. The van der Waals surface area contributed by atoms with Gasteiger partial charge in [-0.05, 0) is 25.5 Å². The molecule has 0 aliphatic heterocycles. The van der Waals surface area contributed by atoms with Crippen molar-refractivity contribution in [2.75, 3.05) is 20.5 Å². The summed E-state index contributed by atoms with van der Waals surface area (Å²) in [5.41, 5.74) is 6.61. The predicted octanol–water partition coefficient (Wildman–Crippen LogP) is 2.18. The standard InChI is InChI=1S/C13H20ClNO4S/c1-13(2,20(5,16)17)12(15)8-6-10(18-3)11(19-4)7-9(8)14/h6-7,12H,15H2,1-5H3. The summed E-state index contributed by atoms with van der Waals surface area (Å²) in [6.45, 7) is 3.14. The highest BCUT2D eigenvalue weighted by atomic mass is 35.5. The van der Waals surface area contributed by atoms with Gasteiger partial charge in [0.25, 0.3) is 0 Å². The van der Waals surface area contributed by atoms with Gasteiger partial charge in [-0.1, -0.05) is 11.6 Å². The summed E-state index contributed by atoms with van der Waals surface area (Å²) < 4.78 is 32.9. The first-order chi connectivity index (χ1) is 9.06. The Morgan fingerprint density at radius 2 is 1.65 bits per heavy atom. The Bertz CT molecular complexity index is 599. The van der Waals surface area contributed by atoms with Crippen molar-refractivity contribution in [2.45, 2.75) is 24.6 Å². The van der Waals surface area contributed by atoms with Gasteiger partial charge < -0.3 is 15.2 Å². The number of sulfone groups is 1. The molecule has 0 saturated carbocycles. The second-order valence-corrected chi connectivity index (χ2v) is 8.09. The van der Waals surface area contributed by atoms with Gasteiger partial charge in [0, 0.05) is 17.3 Å². The van der Waals surface area contributed by atoms with Crippen LogP contribution in [0, 0.1) is 0 Å². The summed E-state index contributed by atoms with van der Waals surface area (Å²) in [6, 6.07) is 2.39. The summed E-state index contributed by atoms with van der Waals surface area (Å²) in [5, 5.41) is 0.340. The van der Waals surface area contributed by atoms with Gasteiger partial charge in [-0.2, -0.15) is 0 Å². The van der Waals surface area contributed by atoms with Crippen molar-refractivity contribution in [1.82, 2.24) is 0 Å². The Labute approximate surface area is 124 Å². The number of methoxy groups -OCH3 is 2. The Balaban J connectivity index is 3.41. The van der Waals surface area contributed by atoms with Crippen molar-refractivity contribution in [3.63, 3.8) is 0 Å². The van der Waals surface area contributed by atoms with Gasteiger partial charge >= 0.3 is 0 Å². The average Bonchev–Trinajstić information content (AvgIpc) is 2.36. The minimum absolute atomic E-state index is 0.340. The molecule has 1 aromatic rings. The highest BCUT2D eigenvalue weighted by molar-refractivity contribution is 7.92. The molecular formula is C13H20ClNO4S. The van der Waals surface area contributed by atoms with E-state index in [9.17, 15) is 8.42 Å². The number of halogens is 1. The van der Waals surface area contributed by atoms with Crippen LogP contribution in [0.15, 0.2) is 12.1 Å². The van der Waals surface area contributed by atoms with Crippen LogP contribution >= 0.6 is 11.6 Å². The van der Waals surface area contributed by atoms with E-state index >= 15 is 0 Å². The number of benzene rings is 1. The van der Waals surface area contributed by atoms with Crippen LogP contribution in [-0.4, -0.2) is 33.6 Å². The van der Waals surface area contributed by atoms with E-state index in [1.165, 1.54) is 14.2 Å². The van der Waals surface area contributed by atoms with E-state index in [2.05, 4.69) is 0 Å². The molecule has 1 unspecified atom stereocenters. The van der Waals surface area contributed by atoms with Crippen LogP contribution in [0.2, 0.25) is 5.02 Å². The number of hydrogen-bond acceptors (Lipinski definition) is 5. The van der Waals surface area contributed by atoms with Gasteiger partial charge in [0.2, 0.25) is 0 Å². The molecular weight excluding hydrogens is 302 g/mol. The number of ether oxygens (including phenoxy) is 2. The maximum Gasteiger partial charge on any atom is 0.162 e. The van der Waals surface area contributed by atoms with Crippen LogP contribution in [0.25, 0.3) is 0 Å². The normalized spacial score (nSPS) is 13.9. The van der Waals surface area contributed by atoms with Crippen LogP contribution < -0.4 is 15.2 Å². The zero-order chi connectivity index (χ0) is 15.7. The quantitative estimate of drug-likeness (QED) is 0.899. The zero-order valence-electron chi connectivity index (χ0n) is 12.2. The molecule has 0 spiro atoms. The van der Waals surface area contributed by atoms with Crippen LogP contribution in [0.4, 0.5) is 0 Å². The molecule has 0 heterocycles. The van der Waals surface area contributed by atoms with Crippen molar-refractivity contribution in [3.05, 3.63) is 22.7 Å². The fraction of sp³-hybridized carbons (Fsp3) is 0.538. The topological polar surface area (TPSA) is 78.6 Å². The second kappa shape index (κ2) is 5.79. The van der Waals surface area contributed by atoms with Gasteiger partial charge in [-0.25, -0.2) is 8.42 Å². The highest BCUT2D eigenvalue weighted by Gasteiger charge is 2.39. The average molecular weight is 322 g/mol. The first-order valence-electron chi connectivity index (χ1n) is 5.92. The molecule has 0 aromatic heterocycles. The molecule has 1 aromatic carbocycles. The van der Waals surface area contributed by atoms with E-state index in [-0.39, 0.29) is 0 Å². The Hall–Kier alpha value is -0.980. The SMILES string of the molecule is COc1cc(Cl)c(C(N)C(C)(C)S(C)(=O)=O)cc1OC. The van der Waals surface area contributed by atoms with Gasteiger partial charge in [-0.3, -0.25) is 0 Å². The van der Waals surface area contributed by atoms with E-state index in [1.807, 2.05) is 0 Å². The van der Waals surface area contributed by atoms with E-state index in [0.29, 0.717) is 22.1 Å². The van der Waals surface area contributed by atoms with Crippen molar-refractivity contribution >= 4 is 21.4 Å². The first kappa shape index (κ1) is 17.1. The maximum absolute atomic E-state index is 11.9. The third-order valence-corrected chi connectivity index (χ3v) is 6.04. The molecule has 0 fully saturated rings. The molecule has 2 N–H and O–H groups in total.